The molecule has 2 saturated heterocycles. The summed E-state index contributed by atoms with van der Waals surface area (Å²) in [7, 11) is 0. The lowest BCUT2D eigenvalue weighted by Crippen LogP contribution is -2.60. The van der Waals surface area contributed by atoms with E-state index in [1.165, 1.54) is 24.3 Å². The number of ketones is 1. The number of aliphatic hydroxyl groups excluding tert-OH is 8. The van der Waals surface area contributed by atoms with Gasteiger partial charge in [-0.3, -0.25) is 4.79 Å². The molecule has 0 spiro atoms. The van der Waals surface area contributed by atoms with Crippen LogP contribution in [0.4, 0.5) is 0 Å². The van der Waals surface area contributed by atoms with Crippen LogP contribution in [0.25, 0.3) is 6.08 Å². The Labute approximate surface area is 243 Å². The minimum absolute atomic E-state index is 0.309. The highest BCUT2D eigenvalue weighted by Crippen LogP contribution is 2.43. The molecule has 43 heavy (non-hydrogen) atoms. The van der Waals surface area contributed by atoms with E-state index in [4.69, 9.17) is 18.9 Å². The largest absolute Gasteiger partial charge is 0.504 e. The van der Waals surface area contributed by atoms with Gasteiger partial charge in [-0.05, 0) is 35.9 Å². The van der Waals surface area contributed by atoms with Crippen LogP contribution in [-0.4, -0.2) is 137 Å². The molecule has 2 heterocycles. The lowest BCUT2D eigenvalue weighted by molar-refractivity contribution is -0.282. The Kier molecular flexibility index (Phi) is 10.1. The average Bonchev–Trinajstić information content (AvgIpc) is 2.99. The predicted octanol–water partition coefficient (Wildman–Crippen LogP) is -2.94. The summed E-state index contributed by atoms with van der Waals surface area (Å²) >= 11 is 0. The molecule has 10 atom stereocenters. The molecule has 236 valence electrons. The first-order chi connectivity index (χ1) is 20.4. The first-order valence-electron chi connectivity index (χ1n) is 12.9. The van der Waals surface area contributed by atoms with Crippen molar-refractivity contribution >= 4 is 11.9 Å². The summed E-state index contributed by atoms with van der Waals surface area (Å²) in [6.45, 7) is -1.58. The van der Waals surface area contributed by atoms with E-state index in [0.717, 1.165) is 18.2 Å². The number of hydrogen-bond donors (Lipinski definition) is 11. The second-order valence-electron chi connectivity index (χ2n) is 9.86. The van der Waals surface area contributed by atoms with Crippen molar-refractivity contribution in [2.24, 2.45) is 0 Å². The maximum atomic E-state index is 13.0. The van der Waals surface area contributed by atoms with Gasteiger partial charge in [0.05, 0.1) is 18.8 Å². The zero-order chi connectivity index (χ0) is 31.6. The van der Waals surface area contributed by atoms with Gasteiger partial charge in [0.15, 0.2) is 28.8 Å². The number of ether oxygens (including phenoxy) is 4. The molecule has 0 saturated carbocycles. The van der Waals surface area contributed by atoms with E-state index >= 15 is 0 Å². The minimum atomic E-state index is -1.95. The second-order valence-corrected chi connectivity index (χ2v) is 9.86. The van der Waals surface area contributed by atoms with Gasteiger partial charge < -0.3 is 75.1 Å². The van der Waals surface area contributed by atoms with Gasteiger partial charge in [-0.25, -0.2) is 0 Å². The number of carbonyl (C=O) groups is 1. The molecule has 2 aromatic carbocycles. The molecule has 10 unspecified atom stereocenters. The van der Waals surface area contributed by atoms with Crippen LogP contribution in [0.2, 0.25) is 0 Å². The second kappa shape index (κ2) is 13.4. The van der Waals surface area contributed by atoms with Crippen LogP contribution >= 0.6 is 0 Å². The van der Waals surface area contributed by atoms with Gasteiger partial charge in [-0.1, -0.05) is 12.1 Å². The summed E-state index contributed by atoms with van der Waals surface area (Å²) in [5.74, 6) is -3.72. The molecule has 0 radical (unpaired) electrons. The Morgan fingerprint density at radius 2 is 1.28 bits per heavy atom. The lowest BCUT2D eigenvalue weighted by Gasteiger charge is -2.41. The Bertz CT molecular complexity index is 1310. The number of benzene rings is 2. The fourth-order valence-electron chi connectivity index (χ4n) is 4.43. The molecule has 0 aromatic heterocycles. The van der Waals surface area contributed by atoms with Crippen LogP contribution < -0.4 is 9.47 Å². The summed E-state index contributed by atoms with van der Waals surface area (Å²) < 4.78 is 21.8. The maximum Gasteiger partial charge on any atom is 0.229 e. The van der Waals surface area contributed by atoms with E-state index in [1.54, 1.807) is 0 Å². The number of aliphatic hydroxyl groups is 8. The van der Waals surface area contributed by atoms with Crippen molar-refractivity contribution in [1.29, 1.82) is 0 Å². The third-order valence-electron chi connectivity index (χ3n) is 6.96. The monoisotopic (exact) mass is 612 g/mol. The van der Waals surface area contributed by atoms with E-state index in [2.05, 4.69) is 0 Å². The minimum Gasteiger partial charge on any atom is -0.504 e. The highest BCUT2D eigenvalue weighted by molar-refractivity contribution is 6.09. The molecular formula is C27H32O16. The number of rotatable bonds is 9. The van der Waals surface area contributed by atoms with Crippen molar-refractivity contribution in [3.63, 3.8) is 0 Å². The fourth-order valence-corrected chi connectivity index (χ4v) is 4.43. The quantitative estimate of drug-likeness (QED) is 0.0767. The fraction of sp³-hybridized carbons (Fsp3) is 0.444. The topological polar surface area (TPSA) is 277 Å². The Hall–Kier alpha value is -3.55. The highest BCUT2D eigenvalue weighted by atomic mass is 16.7. The average molecular weight is 613 g/mol. The van der Waals surface area contributed by atoms with E-state index in [1.807, 2.05) is 0 Å². The van der Waals surface area contributed by atoms with Crippen LogP contribution in [0.1, 0.15) is 15.9 Å². The van der Waals surface area contributed by atoms with E-state index in [9.17, 15) is 61.0 Å². The normalized spacial score (nSPS) is 32.9. The van der Waals surface area contributed by atoms with Crippen molar-refractivity contribution in [2.75, 3.05) is 13.2 Å². The van der Waals surface area contributed by atoms with Crippen molar-refractivity contribution in [2.45, 2.75) is 61.4 Å². The highest BCUT2D eigenvalue weighted by Gasteiger charge is 2.47. The van der Waals surface area contributed by atoms with Gasteiger partial charge in [-0.2, -0.15) is 0 Å². The van der Waals surface area contributed by atoms with E-state index < -0.39 is 109 Å². The number of phenolic OH excluding ortho intramolecular Hbond substituents is 3. The molecular weight excluding hydrogens is 580 g/mol. The molecule has 0 amide bonds. The smallest absolute Gasteiger partial charge is 0.229 e. The molecule has 16 nitrogen and oxygen atoms in total. The van der Waals surface area contributed by atoms with Crippen LogP contribution in [0.15, 0.2) is 36.4 Å². The number of carbonyl (C=O) groups excluding carboxylic acids is 1. The standard InChI is InChI=1S/C27H32O16/c28-8-16-19(34)21(36)23(38)26(41-16)40-15-6-3-11(12(30)4-1-10-2-5-13(31)14(32)7-10)18(33)25(15)43-27-24(39)22(37)20(35)17(9-29)42-27/h1-7,16-17,19-24,26-29,31-39H,8-9H2/b4-1+. The summed E-state index contributed by atoms with van der Waals surface area (Å²) in [5, 5.41) is 110. The number of allylic oxidation sites excluding steroid dienone is 1. The third-order valence-corrected chi connectivity index (χ3v) is 6.96. The zero-order valence-corrected chi connectivity index (χ0v) is 22.2. The maximum absolute atomic E-state index is 13.0. The first kappa shape index (κ1) is 32.4. The SMILES string of the molecule is O=C(/C=C/c1ccc(O)c(O)c1)c1ccc(OC2OC(CO)C(O)C(O)C2O)c(OC2OC(CO)C(O)C(O)C2O)c1O. The molecule has 11 N–H and O–H groups in total. The molecule has 4 rings (SSSR count). The zero-order valence-electron chi connectivity index (χ0n) is 22.2. The van der Waals surface area contributed by atoms with E-state index in [-0.39, 0.29) is 5.75 Å². The Balaban J connectivity index is 1.69. The van der Waals surface area contributed by atoms with Gasteiger partial charge in [0.1, 0.15) is 48.8 Å². The Morgan fingerprint density at radius 1 is 0.721 bits per heavy atom. The molecule has 2 aliphatic rings. The predicted molar refractivity (Wildman–Crippen MR) is 140 cm³/mol. The van der Waals surface area contributed by atoms with Crippen molar-refractivity contribution in [3.8, 4) is 28.7 Å². The molecule has 16 heteroatoms. The van der Waals surface area contributed by atoms with Gasteiger partial charge in [0.2, 0.25) is 18.3 Å². The van der Waals surface area contributed by atoms with E-state index in [0.29, 0.717) is 5.56 Å². The van der Waals surface area contributed by atoms with Gasteiger partial charge >= 0.3 is 0 Å². The van der Waals surface area contributed by atoms with Gasteiger partial charge in [0, 0.05) is 0 Å². The summed E-state index contributed by atoms with van der Waals surface area (Å²) in [5.41, 5.74) is -0.0940. The van der Waals surface area contributed by atoms with Crippen LogP contribution in [0.5, 0.6) is 28.7 Å². The third kappa shape index (κ3) is 6.68. The van der Waals surface area contributed by atoms with Crippen LogP contribution in [0, 0.1) is 0 Å². The summed E-state index contributed by atoms with van der Waals surface area (Å²) in [6.07, 6.45) is -15.1. The van der Waals surface area contributed by atoms with Gasteiger partial charge in [-0.15, -0.1) is 0 Å². The van der Waals surface area contributed by atoms with Gasteiger partial charge in [0.25, 0.3) is 0 Å². The number of aromatic hydroxyl groups is 3. The van der Waals surface area contributed by atoms with Crippen LogP contribution in [-0.2, 0) is 9.47 Å². The van der Waals surface area contributed by atoms with Crippen molar-refractivity contribution in [3.05, 3.63) is 47.5 Å². The van der Waals surface area contributed by atoms with Crippen molar-refractivity contribution in [1.82, 2.24) is 0 Å². The van der Waals surface area contributed by atoms with Crippen molar-refractivity contribution < 1.29 is 79.9 Å². The number of phenols is 3. The lowest BCUT2D eigenvalue weighted by atomic mass is 9.99. The van der Waals surface area contributed by atoms with Crippen LogP contribution in [0.3, 0.4) is 0 Å². The Morgan fingerprint density at radius 3 is 1.81 bits per heavy atom. The summed E-state index contributed by atoms with van der Waals surface area (Å²) in [6, 6.07) is 5.91. The first-order valence-corrected chi connectivity index (χ1v) is 12.9. The molecule has 2 aromatic rings. The molecule has 0 bridgehead atoms. The summed E-state index contributed by atoms with van der Waals surface area (Å²) in [4.78, 5) is 13.0. The molecule has 2 fully saturated rings. The molecule has 0 aliphatic carbocycles. The molecule has 2 aliphatic heterocycles. The number of hydrogen-bond acceptors (Lipinski definition) is 16.